The van der Waals surface area contributed by atoms with Gasteiger partial charge in [-0.25, -0.2) is 12.2 Å². The first-order valence-corrected chi connectivity index (χ1v) is 14.7. The topological polar surface area (TPSA) is 6.48 Å². The van der Waals surface area contributed by atoms with Crippen LogP contribution < -0.4 is 9.80 Å². The van der Waals surface area contributed by atoms with Crippen molar-refractivity contribution in [2.24, 2.45) is 0 Å². The Morgan fingerprint density at radius 2 is 0.600 bits per heavy atom. The summed E-state index contributed by atoms with van der Waals surface area (Å²) in [6.07, 6.45) is 3.23. The minimum atomic E-state index is 0. The van der Waals surface area contributed by atoms with E-state index in [1.54, 1.807) is 12.2 Å². The van der Waals surface area contributed by atoms with Gasteiger partial charge in [0.1, 0.15) is 0 Å². The molecule has 0 aromatic heterocycles. The van der Waals surface area contributed by atoms with Gasteiger partial charge in [-0.2, -0.15) is 11.1 Å². The van der Waals surface area contributed by atoms with Crippen LogP contribution in [0.2, 0.25) is 0 Å². The van der Waals surface area contributed by atoms with Gasteiger partial charge in [-0.15, -0.1) is 24.3 Å². The molecule has 0 bridgehead atoms. The molecule has 0 fully saturated rings. The summed E-state index contributed by atoms with van der Waals surface area (Å²) in [4.78, 5) is 4.47. The first-order valence-electron chi connectivity index (χ1n) is 14.7. The minimum Gasteiger partial charge on any atom is -0.311 e. The molecule has 3 heteroatoms. The van der Waals surface area contributed by atoms with Gasteiger partial charge < -0.3 is 9.80 Å². The SMILES string of the molecule is [CH-]=Cc1ccc(N(c2ccccc2)c2ccc(C)cc2)cc1.[CH-]=Cc1ccc(N(c2ccccc2)c2ccc(C)cc2)cc1.[Y]. The Kier molecular flexibility index (Phi) is 12.3. The van der Waals surface area contributed by atoms with Gasteiger partial charge in [0.05, 0.1) is 0 Å². The van der Waals surface area contributed by atoms with Crippen LogP contribution in [0.3, 0.4) is 0 Å². The van der Waals surface area contributed by atoms with Crippen LogP contribution >= 0.6 is 0 Å². The second-order valence-electron chi connectivity index (χ2n) is 10.5. The van der Waals surface area contributed by atoms with Crippen molar-refractivity contribution in [1.82, 2.24) is 0 Å². The van der Waals surface area contributed by atoms with E-state index >= 15 is 0 Å². The molecule has 0 saturated carbocycles. The quantitative estimate of drug-likeness (QED) is 0.150. The van der Waals surface area contributed by atoms with Crippen molar-refractivity contribution in [2.45, 2.75) is 13.8 Å². The zero-order chi connectivity index (χ0) is 30.7. The average molecular weight is 658 g/mol. The molecule has 0 unspecified atom stereocenters. The van der Waals surface area contributed by atoms with Crippen LogP contribution in [0.15, 0.2) is 158 Å². The third-order valence-corrected chi connectivity index (χ3v) is 7.30. The molecule has 0 N–H and O–H groups in total. The van der Waals surface area contributed by atoms with Crippen LogP contribution in [-0.2, 0) is 32.7 Å². The molecule has 1 radical (unpaired) electrons. The summed E-state index contributed by atoms with van der Waals surface area (Å²) in [6.45, 7) is 15.4. The molecule has 6 rings (SSSR count). The van der Waals surface area contributed by atoms with Crippen molar-refractivity contribution in [2.75, 3.05) is 9.80 Å². The van der Waals surface area contributed by atoms with E-state index in [4.69, 9.17) is 13.2 Å². The van der Waals surface area contributed by atoms with Gasteiger partial charge >= 0.3 is 0 Å². The van der Waals surface area contributed by atoms with Gasteiger partial charge in [0, 0.05) is 66.8 Å². The smallest absolute Gasteiger partial charge is 0.0461 e. The summed E-state index contributed by atoms with van der Waals surface area (Å²) < 4.78 is 0. The normalized spacial score (nSPS) is 10.0. The monoisotopic (exact) mass is 657 g/mol. The van der Waals surface area contributed by atoms with E-state index in [9.17, 15) is 0 Å². The number of nitrogens with zero attached hydrogens (tertiary/aromatic N) is 2. The standard InChI is InChI=1S/2C21H18N.Y/c2*1-3-18-11-15-21(16-12-18)22(19-7-5-4-6-8-19)20-13-9-17(2)10-14-20;/h2*1,3-16H,2H3;/q2*-1;. The van der Waals surface area contributed by atoms with E-state index in [0.717, 1.165) is 45.3 Å². The second-order valence-corrected chi connectivity index (χ2v) is 10.5. The van der Waals surface area contributed by atoms with Crippen LogP contribution in [0.1, 0.15) is 22.3 Å². The largest absolute Gasteiger partial charge is 0.311 e. The fourth-order valence-corrected chi connectivity index (χ4v) is 4.91. The van der Waals surface area contributed by atoms with Gasteiger partial charge in [0.2, 0.25) is 0 Å². The van der Waals surface area contributed by atoms with E-state index < -0.39 is 0 Å². The van der Waals surface area contributed by atoms with Crippen molar-refractivity contribution in [3.63, 3.8) is 0 Å². The molecule has 0 amide bonds. The van der Waals surface area contributed by atoms with Crippen LogP contribution in [0.4, 0.5) is 34.1 Å². The molecule has 6 aromatic rings. The third kappa shape index (κ3) is 8.79. The maximum absolute atomic E-state index is 5.58. The molecule has 0 heterocycles. The summed E-state index contributed by atoms with van der Waals surface area (Å²) in [7, 11) is 0. The Hall–Kier alpha value is -4.50. The molecule has 0 saturated heterocycles. The van der Waals surface area contributed by atoms with Crippen LogP contribution in [0.5, 0.6) is 0 Å². The van der Waals surface area contributed by atoms with Gasteiger partial charge in [-0.05, 0) is 62.4 Å². The third-order valence-electron chi connectivity index (χ3n) is 7.30. The predicted octanol–water partition coefficient (Wildman–Crippen LogP) is 11.8. The molecule has 0 aliphatic heterocycles. The van der Waals surface area contributed by atoms with Gasteiger partial charge in [0.15, 0.2) is 0 Å². The first kappa shape index (κ1) is 33.4. The summed E-state index contributed by atoms with van der Waals surface area (Å²) in [5.41, 5.74) is 11.3. The number of hydrogen-bond acceptors (Lipinski definition) is 2. The number of para-hydroxylation sites is 2. The second kappa shape index (κ2) is 16.5. The van der Waals surface area contributed by atoms with Gasteiger partial charge in [0.25, 0.3) is 0 Å². The molecular formula is C42H36N2Y-2. The van der Waals surface area contributed by atoms with Crippen molar-refractivity contribution in [1.29, 1.82) is 0 Å². The molecule has 0 aliphatic rings. The van der Waals surface area contributed by atoms with E-state index in [2.05, 4.69) is 145 Å². The zero-order valence-corrected chi connectivity index (χ0v) is 28.6. The molecule has 2 nitrogen and oxygen atoms in total. The van der Waals surface area contributed by atoms with Crippen LogP contribution in [-0.4, -0.2) is 0 Å². The Labute approximate surface area is 293 Å². The summed E-state index contributed by atoms with van der Waals surface area (Å²) in [5, 5.41) is 0. The van der Waals surface area contributed by atoms with E-state index in [1.165, 1.54) is 11.1 Å². The van der Waals surface area contributed by atoms with Gasteiger partial charge in [-0.1, -0.05) is 96.1 Å². The number of benzene rings is 6. The molecular weight excluding hydrogens is 621 g/mol. The number of aryl methyl sites for hydroxylation is 2. The van der Waals surface area contributed by atoms with Crippen molar-refractivity contribution in [3.8, 4) is 0 Å². The van der Waals surface area contributed by atoms with Crippen molar-refractivity contribution < 1.29 is 32.7 Å². The Morgan fingerprint density at radius 3 is 0.867 bits per heavy atom. The molecule has 219 valence electrons. The zero-order valence-electron chi connectivity index (χ0n) is 25.8. The summed E-state index contributed by atoms with van der Waals surface area (Å²) >= 11 is 0. The Bertz CT molecular complexity index is 1620. The van der Waals surface area contributed by atoms with Crippen LogP contribution in [0.25, 0.3) is 12.2 Å². The summed E-state index contributed by atoms with van der Waals surface area (Å²) in [5.74, 6) is 0. The van der Waals surface area contributed by atoms with Crippen LogP contribution in [0, 0.1) is 27.0 Å². The molecule has 0 spiro atoms. The van der Waals surface area contributed by atoms with Crippen molar-refractivity contribution >= 4 is 46.3 Å². The molecule has 45 heavy (non-hydrogen) atoms. The minimum absolute atomic E-state index is 0. The number of hydrogen-bond donors (Lipinski definition) is 0. The molecule has 0 aliphatic carbocycles. The Balaban J connectivity index is 0.000000200. The number of anilines is 6. The Morgan fingerprint density at radius 1 is 0.356 bits per heavy atom. The van der Waals surface area contributed by atoms with Crippen molar-refractivity contribution in [3.05, 3.63) is 193 Å². The van der Waals surface area contributed by atoms with E-state index in [1.807, 2.05) is 36.4 Å². The molecule has 0 atom stereocenters. The average Bonchev–Trinajstić information content (AvgIpc) is 3.09. The molecule has 6 aromatic carbocycles. The summed E-state index contributed by atoms with van der Waals surface area (Å²) in [6, 6.07) is 54.3. The predicted molar refractivity (Wildman–Crippen MR) is 189 cm³/mol. The first-order chi connectivity index (χ1) is 21.6. The maximum atomic E-state index is 5.58. The van der Waals surface area contributed by atoms with E-state index in [-0.39, 0.29) is 32.7 Å². The van der Waals surface area contributed by atoms with Gasteiger partial charge in [-0.3, -0.25) is 13.2 Å². The van der Waals surface area contributed by atoms with E-state index in [0.29, 0.717) is 0 Å². The number of rotatable bonds is 8. The fourth-order valence-electron chi connectivity index (χ4n) is 4.91. The fraction of sp³-hybridized carbons (Fsp3) is 0.0476. The maximum Gasteiger partial charge on any atom is 0.0461 e.